The number of nitrogens with zero attached hydrogens (tertiary/aromatic N) is 1. The number of benzene rings is 1. The van der Waals surface area contributed by atoms with Crippen molar-refractivity contribution in [3.63, 3.8) is 0 Å². The molecular formula is C14H16ClN. The van der Waals surface area contributed by atoms with Crippen LogP contribution >= 0.6 is 11.6 Å². The number of rotatable bonds is 2. The maximum atomic E-state index is 6.12. The van der Waals surface area contributed by atoms with E-state index < -0.39 is 0 Å². The normalized spacial score (nSPS) is 13.3. The number of halogens is 1. The molecule has 1 atom stereocenters. The van der Waals surface area contributed by atoms with Gasteiger partial charge in [0.25, 0.3) is 0 Å². The van der Waals surface area contributed by atoms with Crippen LogP contribution in [0.2, 0.25) is 0 Å². The third-order valence-electron chi connectivity index (χ3n) is 2.80. The van der Waals surface area contributed by atoms with E-state index in [9.17, 15) is 0 Å². The number of pyridine rings is 1. The summed E-state index contributed by atoms with van der Waals surface area (Å²) in [6, 6.07) is 10.4. The highest BCUT2D eigenvalue weighted by molar-refractivity contribution is 6.20. The fourth-order valence-corrected chi connectivity index (χ4v) is 2.02. The zero-order chi connectivity index (χ0) is 11.7. The smallest absolute Gasteiger partial charge is 0.0729 e. The summed E-state index contributed by atoms with van der Waals surface area (Å²) in [5, 5.41) is 1.20. The van der Waals surface area contributed by atoms with Crippen LogP contribution in [0.15, 0.2) is 30.3 Å². The highest BCUT2D eigenvalue weighted by atomic mass is 35.5. The first-order valence-electron chi connectivity index (χ1n) is 5.63. The van der Waals surface area contributed by atoms with Gasteiger partial charge < -0.3 is 0 Å². The molecule has 16 heavy (non-hydrogen) atoms. The van der Waals surface area contributed by atoms with Crippen molar-refractivity contribution in [3.05, 3.63) is 41.6 Å². The van der Waals surface area contributed by atoms with Crippen molar-refractivity contribution in [2.45, 2.75) is 32.1 Å². The summed E-state index contributed by atoms with van der Waals surface area (Å²) in [6.45, 7) is 6.36. The highest BCUT2D eigenvalue weighted by Gasteiger charge is 2.11. The van der Waals surface area contributed by atoms with Crippen molar-refractivity contribution in [1.82, 2.24) is 4.98 Å². The zero-order valence-electron chi connectivity index (χ0n) is 9.87. The first-order chi connectivity index (χ1) is 7.59. The van der Waals surface area contributed by atoms with Crippen molar-refractivity contribution in [1.29, 1.82) is 0 Å². The molecule has 0 radical (unpaired) electrons. The summed E-state index contributed by atoms with van der Waals surface area (Å²) in [5.74, 6) is 0.488. The van der Waals surface area contributed by atoms with E-state index in [4.69, 9.17) is 11.6 Å². The Labute approximate surface area is 101 Å². The fourth-order valence-electron chi connectivity index (χ4n) is 1.91. The van der Waals surface area contributed by atoms with Crippen molar-refractivity contribution in [2.75, 3.05) is 0 Å². The SMILES string of the molecule is CC(C)c1cc(C(C)Cl)nc2ccccc12. The molecule has 0 aliphatic rings. The molecular weight excluding hydrogens is 218 g/mol. The molecule has 0 saturated heterocycles. The summed E-state index contributed by atoms with van der Waals surface area (Å²) >= 11 is 6.12. The minimum Gasteiger partial charge on any atom is -0.251 e. The number of hydrogen-bond acceptors (Lipinski definition) is 1. The Morgan fingerprint density at radius 2 is 1.81 bits per heavy atom. The van der Waals surface area contributed by atoms with E-state index >= 15 is 0 Å². The van der Waals surface area contributed by atoms with Gasteiger partial charge in [-0.25, -0.2) is 0 Å². The standard InChI is InChI=1S/C14H16ClN/c1-9(2)12-8-14(10(3)15)16-13-7-5-4-6-11(12)13/h4-10H,1-3H3. The molecule has 0 bridgehead atoms. The molecule has 0 saturated carbocycles. The van der Waals surface area contributed by atoms with Gasteiger partial charge in [0, 0.05) is 5.39 Å². The lowest BCUT2D eigenvalue weighted by atomic mass is 9.97. The molecule has 0 spiro atoms. The lowest BCUT2D eigenvalue weighted by Crippen LogP contribution is -1.97. The van der Waals surface area contributed by atoms with E-state index in [1.54, 1.807) is 0 Å². The monoisotopic (exact) mass is 233 g/mol. The molecule has 0 aliphatic heterocycles. The Morgan fingerprint density at radius 3 is 2.44 bits per heavy atom. The minimum absolute atomic E-state index is 0.0397. The Morgan fingerprint density at radius 1 is 1.12 bits per heavy atom. The molecule has 2 heteroatoms. The molecule has 1 heterocycles. The zero-order valence-corrected chi connectivity index (χ0v) is 10.6. The average molecular weight is 234 g/mol. The molecule has 0 fully saturated rings. The van der Waals surface area contributed by atoms with Crippen LogP contribution in [0.1, 0.15) is 43.3 Å². The maximum Gasteiger partial charge on any atom is 0.0729 e. The lowest BCUT2D eigenvalue weighted by Gasteiger charge is -2.13. The van der Waals surface area contributed by atoms with E-state index in [1.165, 1.54) is 10.9 Å². The number of aromatic nitrogens is 1. The predicted molar refractivity (Wildman–Crippen MR) is 70.1 cm³/mol. The maximum absolute atomic E-state index is 6.12. The van der Waals surface area contributed by atoms with Crippen LogP contribution in [-0.2, 0) is 0 Å². The average Bonchev–Trinajstić information content (AvgIpc) is 2.27. The molecule has 1 aromatic heterocycles. The largest absolute Gasteiger partial charge is 0.251 e. The quantitative estimate of drug-likeness (QED) is 0.688. The van der Waals surface area contributed by atoms with Gasteiger partial charge in [-0.2, -0.15) is 0 Å². The van der Waals surface area contributed by atoms with Crippen LogP contribution in [-0.4, -0.2) is 4.98 Å². The fraction of sp³-hybridized carbons (Fsp3) is 0.357. The summed E-state index contributed by atoms with van der Waals surface area (Å²) < 4.78 is 0. The van der Waals surface area contributed by atoms with Crippen LogP contribution in [0.4, 0.5) is 0 Å². The third kappa shape index (κ3) is 2.05. The number of para-hydroxylation sites is 1. The van der Waals surface area contributed by atoms with E-state index in [1.807, 2.05) is 19.1 Å². The Bertz CT molecular complexity index is 503. The first-order valence-corrected chi connectivity index (χ1v) is 6.07. The highest BCUT2D eigenvalue weighted by Crippen LogP contribution is 2.28. The molecule has 84 valence electrons. The van der Waals surface area contributed by atoms with Gasteiger partial charge in [-0.05, 0) is 30.5 Å². The van der Waals surface area contributed by atoms with Crippen LogP contribution in [0, 0.1) is 0 Å². The van der Waals surface area contributed by atoms with Gasteiger partial charge in [0.05, 0.1) is 16.6 Å². The van der Waals surface area contributed by atoms with Crippen molar-refractivity contribution < 1.29 is 0 Å². The molecule has 0 amide bonds. The Kier molecular flexibility index (Phi) is 3.15. The first kappa shape index (κ1) is 11.4. The molecule has 1 unspecified atom stereocenters. The van der Waals surface area contributed by atoms with Crippen LogP contribution in [0.3, 0.4) is 0 Å². The Balaban J connectivity index is 2.74. The molecule has 0 aliphatic carbocycles. The lowest BCUT2D eigenvalue weighted by molar-refractivity contribution is 0.865. The van der Waals surface area contributed by atoms with Crippen molar-refractivity contribution >= 4 is 22.5 Å². The Hall–Kier alpha value is -1.08. The summed E-state index contributed by atoms with van der Waals surface area (Å²) in [6.07, 6.45) is 0. The number of hydrogen-bond donors (Lipinski definition) is 0. The van der Waals surface area contributed by atoms with Gasteiger partial charge in [0.1, 0.15) is 0 Å². The summed E-state index contributed by atoms with van der Waals surface area (Å²) in [4.78, 5) is 4.59. The van der Waals surface area contributed by atoms with Gasteiger partial charge in [0.15, 0.2) is 0 Å². The molecule has 1 aromatic carbocycles. The molecule has 1 nitrogen and oxygen atoms in total. The van der Waals surface area contributed by atoms with Gasteiger partial charge in [-0.1, -0.05) is 32.0 Å². The second-order valence-electron chi connectivity index (χ2n) is 4.42. The minimum atomic E-state index is -0.0397. The van der Waals surface area contributed by atoms with Crippen molar-refractivity contribution in [3.8, 4) is 0 Å². The van der Waals surface area contributed by atoms with Gasteiger partial charge in [0.2, 0.25) is 0 Å². The second-order valence-corrected chi connectivity index (χ2v) is 5.08. The molecule has 2 rings (SSSR count). The van der Waals surface area contributed by atoms with E-state index in [-0.39, 0.29) is 5.38 Å². The van der Waals surface area contributed by atoms with Crippen LogP contribution in [0.5, 0.6) is 0 Å². The topological polar surface area (TPSA) is 12.9 Å². The number of fused-ring (bicyclic) bond motifs is 1. The second kappa shape index (κ2) is 4.42. The van der Waals surface area contributed by atoms with Gasteiger partial charge in [-0.3, -0.25) is 4.98 Å². The van der Waals surface area contributed by atoms with E-state index in [0.29, 0.717) is 5.92 Å². The molecule has 0 N–H and O–H groups in total. The van der Waals surface area contributed by atoms with Gasteiger partial charge >= 0.3 is 0 Å². The number of alkyl halides is 1. The van der Waals surface area contributed by atoms with Gasteiger partial charge in [-0.15, -0.1) is 11.6 Å². The summed E-state index contributed by atoms with van der Waals surface area (Å²) in [5.41, 5.74) is 3.33. The van der Waals surface area contributed by atoms with Crippen LogP contribution < -0.4 is 0 Å². The predicted octanol–water partition coefficient (Wildman–Crippen LogP) is 4.66. The van der Waals surface area contributed by atoms with E-state index in [2.05, 4.69) is 37.0 Å². The summed E-state index contributed by atoms with van der Waals surface area (Å²) in [7, 11) is 0. The van der Waals surface area contributed by atoms with Crippen molar-refractivity contribution in [2.24, 2.45) is 0 Å². The van der Waals surface area contributed by atoms with Crippen LogP contribution in [0.25, 0.3) is 10.9 Å². The molecule has 2 aromatic rings. The third-order valence-corrected chi connectivity index (χ3v) is 3.02. The van der Waals surface area contributed by atoms with E-state index in [0.717, 1.165) is 11.2 Å².